The standard InChI is InChI=1S/C31H34N2O2/c1-31(2,23-7-15-27(16-8-23)34-29-19-11-25(12-20-29)32(3)4)24-9-17-28(18-10-24)35-30-21-13-26(14-22-30)33(5)6/h7-22H,1-6H3. The fourth-order valence-electron chi connectivity index (χ4n) is 3.94. The first-order valence-electron chi connectivity index (χ1n) is 11.8. The van der Waals surface area contributed by atoms with Crippen molar-refractivity contribution >= 4 is 11.4 Å². The summed E-state index contributed by atoms with van der Waals surface area (Å²) in [6.45, 7) is 4.47. The summed E-state index contributed by atoms with van der Waals surface area (Å²) in [4.78, 5) is 4.14. The third-order valence-corrected chi connectivity index (χ3v) is 6.33. The van der Waals surface area contributed by atoms with Crippen LogP contribution in [0.25, 0.3) is 0 Å². The van der Waals surface area contributed by atoms with Crippen LogP contribution >= 0.6 is 0 Å². The van der Waals surface area contributed by atoms with Gasteiger partial charge < -0.3 is 19.3 Å². The summed E-state index contributed by atoms with van der Waals surface area (Å²) >= 11 is 0. The van der Waals surface area contributed by atoms with Crippen molar-refractivity contribution < 1.29 is 9.47 Å². The first kappa shape index (κ1) is 24.2. The van der Waals surface area contributed by atoms with Gasteiger partial charge in [0, 0.05) is 45.0 Å². The number of hydrogen-bond acceptors (Lipinski definition) is 4. The quantitative estimate of drug-likeness (QED) is 0.265. The predicted molar refractivity (Wildman–Crippen MR) is 147 cm³/mol. The van der Waals surface area contributed by atoms with Gasteiger partial charge in [-0.05, 0) is 83.9 Å². The van der Waals surface area contributed by atoms with E-state index in [1.165, 1.54) is 11.1 Å². The van der Waals surface area contributed by atoms with Gasteiger partial charge in [-0.25, -0.2) is 0 Å². The number of ether oxygens (including phenoxy) is 2. The number of rotatable bonds is 8. The minimum atomic E-state index is -0.155. The Morgan fingerprint density at radius 1 is 0.429 bits per heavy atom. The van der Waals surface area contributed by atoms with Crippen molar-refractivity contribution in [2.24, 2.45) is 0 Å². The molecule has 4 nitrogen and oxygen atoms in total. The normalized spacial score (nSPS) is 11.1. The third kappa shape index (κ3) is 5.78. The van der Waals surface area contributed by atoms with E-state index in [1.54, 1.807) is 0 Å². The van der Waals surface area contributed by atoms with E-state index in [0.717, 1.165) is 34.4 Å². The van der Waals surface area contributed by atoms with Crippen LogP contribution in [0, 0.1) is 0 Å². The van der Waals surface area contributed by atoms with Crippen molar-refractivity contribution in [2.45, 2.75) is 19.3 Å². The summed E-state index contributed by atoms with van der Waals surface area (Å²) in [5.41, 5.74) is 4.58. The average Bonchev–Trinajstić information content (AvgIpc) is 2.85. The van der Waals surface area contributed by atoms with Gasteiger partial charge in [-0.1, -0.05) is 38.1 Å². The second-order valence-corrected chi connectivity index (χ2v) is 9.65. The van der Waals surface area contributed by atoms with Crippen molar-refractivity contribution in [3.8, 4) is 23.0 Å². The molecule has 0 fully saturated rings. The highest BCUT2D eigenvalue weighted by atomic mass is 16.5. The topological polar surface area (TPSA) is 24.9 Å². The van der Waals surface area contributed by atoms with E-state index in [-0.39, 0.29) is 5.41 Å². The molecule has 0 unspecified atom stereocenters. The van der Waals surface area contributed by atoms with Crippen LogP contribution in [0.3, 0.4) is 0 Å². The highest BCUT2D eigenvalue weighted by molar-refractivity contribution is 5.50. The van der Waals surface area contributed by atoms with Gasteiger partial charge in [0.25, 0.3) is 0 Å². The monoisotopic (exact) mass is 466 g/mol. The zero-order chi connectivity index (χ0) is 25.0. The lowest BCUT2D eigenvalue weighted by molar-refractivity contribution is 0.481. The summed E-state index contributed by atoms with van der Waals surface area (Å²) in [7, 11) is 8.11. The molecule has 0 N–H and O–H groups in total. The highest BCUT2D eigenvalue weighted by Gasteiger charge is 2.23. The molecule has 4 aromatic rings. The summed E-state index contributed by atoms with van der Waals surface area (Å²) in [6.07, 6.45) is 0. The molecule has 0 radical (unpaired) electrons. The lowest BCUT2D eigenvalue weighted by Crippen LogP contribution is -2.18. The Labute approximate surface area is 209 Å². The predicted octanol–water partition coefficient (Wildman–Crippen LogP) is 7.73. The molecule has 180 valence electrons. The maximum absolute atomic E-state index is 6.04. The maximum atomic E-state index is 6.04. The molecule has 4 aromatic carbocycles. The van der Waals surface area contributed by atoms with Crippen LogP contribution in [0.1, 0.15) is 25.0 Å². The van der Waals surface area contributed by atoms with Crippen molar-refractivity contribution in [2.75, 3.05) is 38.0 Å². The lowest BCUT2D eigenvalue weighted by atomic mass is 9.78. The molecule has 0 aliphatic carbocycles. The second-order valence-electron chi connectivity index (χ2n) is 9.65. The van der Waals surface area contributed by atoms with Crippen molar-refractivity contribution in [3.05, 3.63) is 108 Å². The zero-order valence-electron chi connectivity index (χ0n) is 21.4. The van der Waals surface area contributed by atoms with E-state index in [1.807, 2.05) is 76.7 Å². The van der Waals surface area contributed by atoms with Crippen LogP contribution < -0.4 is 19.3 Å². The first-order chi connectivity index (χ1) is 16.7. The van der Waals surface area contributed by atoms with Gasteiger partial charge in [0.2, 0.25) is 0 Å². The Hall–Kier alpha value is -3.92. The largest absolute Gasteiger partial charge is 0.457 e. The van der Waals surface area contributed by atoms with Gasteiger partial charge in [-0.2, -0.15) is 0 Å². The molecule has 0 atom stereocenters. The average molecular weight is 467 g/mol. The molecule has 0 saturated carbocycles. The number of hydrogen-bond donors (Lipinski definition) is 0. The third-order valence-electron chi connectivity index (χ3n) is 6.33. The van der Waals surface area contributed by atoms with Crippen LogP contribution in [0.15, 0.2) is 97.1 Å². The van der Waals surface area contributed by atoms with Crippen LogP contribution in [-0.4, -0.2) is 28.2 Å². The Kier molecular flexibility index (Phi) is 7.02. The Morgan fingerprint density at radius 3 is 0.943 bits per heavy atom. The summed E-state index contributed by atoms with van der Waals surface area (Å²) in [5.74, 6) is 3.31. The summed E-state index contributed by atoms with van der Waals surface area (Å²) < 4.78 is 12.1. The van der Waals surface area contributed by atoms with Gasteiger partial charge in [-0.3, -0.25) is 0 Å². The highest BCUT2D eigenvalue weighted by Crippen LogP contribution is 2.35. The van der Waals surface area contributed by atoms with Crippen molar-refractivity contribution in [1.82, 2.24) is 0 Å². The lowest BCUT2D eigenvalue weighted by Gasteiger charge is -2.26. The zero-order valence-corrected chi connectivity index (χ0v) is 21.4. The van der Waals surface area contributed by atoms with Gasteiger partial charge in [0.05, 0.1) is 0 Å². The number of nitrogens with zero attached hydrogens (tertiary/aromatic N) is 2. The Morgan fingerprint density at radius 2 is 0.686 bits per heavy atom. The minimum absolute atomic E-state index is 0.155. The van der Waals surface area contributed by atoms with E-state index in [4.69, 9.17) is 9.47 Å². The van der Waals surface area contributed by atoms with Gasteiger partial charge in [-0.15, -0.1) is 0 Å². The molecule has 35 heavy (non-hydrogen) atoms. The maximum Gasteiger partial charge on any atom is 0.127 e. The molecule has 0 aliphatic rings. The summed E-state index contributed by atoms with van der Waals surface area (Å²) in [6, 6.07) is 32.9. The number of anilines is 2. The molecule has 4 rings (SSSR count). The van der Waals surface area contributed by atoms with Crippen LogP contribution in [0.2, 0.25) is 0 Å². The van der Waals surface area contributed by atoms with Crippen LogP contribution in [-0.2, 0) is 5.41 Å². The summed E-state index contributed by atoms with van der Waals surface area (Å²) in [5, 5.41) is 0. The van der Waals surface area contributed by atoms with E-state index in [9.17, 15) is 0 Å². The van der Waals surface area contributed by atoms with Gasteiger partial charge in [0.15, 0.2) is 0 Å². The molecule has 0 saturated heterocycles. The first-order valence-corrected chi connectivity index (χ1v) is 11.8. The molecule has 4 heteroatoms. The van der Waals surface area contributed by atoms with Gasteiger partial charge >= 0.3 is 0 Å². The van der Waals surface area contributed by atoms with Crippen molar-refractivity contribution in [3.63, 3.8) is 0 Å². The minimum Gasteiger partial charge on any atom is -0.457 e. The molecule has 0 amide bonds. The fraction of sp³-hybridized carbons (Fsp3) is 0.226. The van der Waals surface area contributed by atoms with E-state index in [2.05, 4.69) is 72.2 Å². The molecule has 0 bridgehead atoms. The van der Waals surface area contributed by atoms with Crippen molar-refractivity contribution in [1.29, 1.82) is 0 Å². The second kappa shape index (κ2) is 10.1. The molecular formula is C31H34N2O2. The molecule has 0 spiro atoms. The number of benzene rings is 4. The molecule has 0 heterocycles. The van der Waals surface area contributed by atoms with E-state index < -0.39 is 0 Å². The molecule has 0 aliphatic heterocycles. The smallest absolute Gasteiger partial charge is 0.127 e. The molecule has 0 aromatic heterocycles. The van der Waals surface area contributed by atoms with Gasteiger partial charge in [0.1, 0.15) is 23.0 Å². The fourth-order valence-corrected chi connectivity index (χ4v) is 3.94. The van der Waals surface area contributed by atoms with E-state index in [0.29, 0.717) is 0 Å². The Balaban J connectivity index is 1.42. The Bertz CT molecular complexity index is 1130. The molecular weight excluding hydrogens is 432 g/mol. The van der Waals surface area contributed by atoms with E-state index >= 15 is 0 Å². The van der Waals surface area contributed by atoms with Crippen LogP contribution in [0.4, 0.5) is 11.4 Å². The SMILES string of the molecule is CN(C)c1ccc(Oc2ccc(C(C)(C)c3ccc(Oc4ccc(N(C)C)cc4)cc3)cc2)cc1. The van der Waals surface area contributed by atoms with Crippen LogP contribution in [0.5, 0.6) is 23.0 Å².